The van der Waals surface area contributed by atoms with Gasteiger partial charge in [0.2, 0.25) is 0 Å². The standard InChI is InChI=1S/C22H37N3O4/c1-16-14-25(20-13-18(27)19(15-26)29-20)22(28)24-21(16)23-17-11-9-7-5-3-2-4-6-8-10-12-17/h14,17-20,26-27H,2-13,15H2,1H3,(H,23,24,28)/t18-,19-,20-/m0/s1. The fourth-order valence-corrected chi connectivity index (χ4v) is 4.47. The molecule has 2 aliphatic rings. The van der Waals surface area contributed by atoms with Crippen LogP contribution in [0.25, 0.3) is 0 Å². The Morgan fingerprint density at radius 2 is 1.69 bits per heavy atom. The van der Waals surface area contributed by atoms with E-state index in [1.807, 2.05) is 6.92 Å². The monoisotopic (exact) mass is 407 g/mol. The van der Waals surface area contributed by atoms with E-state index >= 15 is 0 Å². The van der Waals surface area contributed by atoms with Crippen molar-refractivity contribution in [2.75, 3.05) is 11.9 Å². The minimum Gasteiger partial charge on any atom is -0.394 e. The number of rotatable bonds is 4. The predicted molar refractivity (Wildman–Crippen MR) is 113 cm³/mol. The van der Waals surface area contributed by atoms with Gasteiger partial charge in [-0.1, -0.05) is 57.8 Å². The van der Waals surface area contributed by atoms with Crippen LogP contribution in [0.5, 0.6) is 0 Å². The van der Waals surface area contributed by atoms with E-state index in [9.17, 15) is 15.0 Å². The van der Waals surface area contributed by atoms with Gasteiger partial charge in [0.05, 0.1) is 12.7 Å². The first-order valence-corrected chi connectivity index (χ1v) is 11.4. The van der Waals surface area contributed by atoms with Gasteiger partial charge < -0.3 is 20.3 Å². The molecule has 7 heteroatoms. The van der Waals surface area contributed by atoms with Crippen molar-refractivity contribution in [2.45, 2.75) is 108 Å². The minimum atomic E-state index is -0.772. The summed E-state index contributed by atoms with van der Waals surface area (Å²) in [4.78, 5) is 16.9. The van der Waals surface area contributed by atoms with Gasteiger partial charge in [0, 0.05) is 24.2 Å². The zero-order valence-electron chi connectivity index (χ0n) is 17.7. The van der Waals surface area contributed by atoms with E-state index in [0.29, 0.717) is 11.9 Å². The van der Waals surface area contributed by atoms with Gasteiger partial charge in [-0.2, -0.15) is 4.98 Å². The molecule has 2 heterocycles. The van der Waals surface area contributed by atoms with E-state index in [4.69, 9.17) is 4.74 Å². The molecule has 1 saturated carbocycles. The number of ether oxygens (including phenoxy) is 1. The van der Waals surface area contributed by atoms with Gasteiger partial charge in [0.15, 0.2) is 0 Å². The van der Waals surface area contributed by atoms with Gasteiger partial charge in [0.1, 0.15) is 18.1 Å². The SMILES string of the molecule is Cc1cn([C@@H]2C[C@H](O)[C@H](CO)O2)c(=O)nc1NC1CCCCCCCCCCC1. The highest BCUT2D eigenvalue weighted by Gasteiger charge is 2.35. The molecule has 2 fully saturated rings. The number of nitrogens with one attached hydrogen (secondary N) is 1. The first kappa shape index (κ1) is 22.2. The second kappa shape index (κ2) is 11.1. The zero-order valence-corrected chi connectivity index (χ0v) is 17.7. The van der Waals surface area contributed by atoms with Crippen LogP contribution in [-0.4, -0.2) is 44.6 Å². The highest BCUT2D eigenvalue weighted by molar-refractivity contribution is 5.42. The minimum absolute atomic E-state index is 0.264. The Morgan fingerprint density at radius 3 is 2.24 bits per heavy atom. The lowest BCUT2D eigenvalue weighted by Gasteiger charge is -2.22. The van der Waals surface area contributed by atoms with Crippen molar-refractivity contribution in [2.24, 2.45) is 0 Å². The Kier molecular flexibility index (Phi) is 8.51. The summed E-state index contributed by atoms with van der Waals surface area (Å²) in [6, 6.07) is 0.346. The first-order chi connectivity index (χ1) is 14.1. The summed E-state index contributed by atoms with van der Waals surface area (Å²) < 4.78 is 7.05. The van der Waals surface area contributed by atoms with Crippen molar-refractivity contribution in [3.05, 3.63) is 22.2 Å². The van der Waals surface area contributed by atoms with Gasteiger partial charge >= 0.3 is 5.69 Å². The lowest BCUT2D eigenvalue weighted by molar-refractivity contribution is -0.0459. The van der Waals surface area contributed by atoms with Crippen molar-refractivity contribution >= 4 is 5.82 Å². The van der Waals surface area contributed by atoms with E-state index in [1.165, 1.54) is 62.4 Å². The normalized spacial score (nSPS) is 27.9. The average molecular weight is 408 g/mol. The molecular formula is C22H37N3O4. The summed E-state index contributed by atoms with van der Waals surface area (Å²) in [5, 5.41) is 22.7. The quantitative estimate of drug-likeness (QED) is 0.709. The Morgan fingerprint density at radius 1 is 1.10 bits per heavy atom. The lowest BCUT2D eigenvalue weighted by Crippen LogP contribution is -2.30. The summed E-state index contributed by atoms with van der Waals surface area (Å²) in [7, 11) is 0. The number of aromatic nitrogens is 2. The molecule has 1 aromatic rings. The molecule has 29 heavy (non-hydrogen) atoms. The van der Waals surface area contributed by atoms with Crippen molar-refractivity contribution in [1.82, 2.24) is 9.55 Å². The van der Waals surface area contributed by atoms with Crippen LogP contribution in [0.15, 0.2) is 11.0 Å². The van der Waals surface area contributed by atoms with Crippen LogP contribution in [0.3, 0.4) is 0 Å². The van der Waals surface area contributed by atoms with Crippen LogP contribution in [-0.2, 0) is 4.74 Å². The second-order valence-corrected chi connectivity index (χ2v) is 8.68. The molecule has 1 aliphatic heterocycles. The Balaban J connectivity index is 1.66. The summed E-state index contributed by atoms with van der Waals surface area (Å²) >= 11 is 0. The topological polar surface area (TPSA) is 96.6 Å². The molecule has 0 radical (unpaired) electrons. The van der Waals surface area contributed by atoms with Crippen LogP contribution in [0.2, 0.25) is 0 Å². The fraction of sp³-hybridized carbons (Fsp3) is 0.818. The lowest BCUT2D eigenvalue weighted by atomic mass is 9.98. The number of nitrogens with zero attached hydrogens (tertiary/aromatic N) is 2. The molecule has 0 amide bonds. The fourth-order valence-electron chi connectivity index (χ4n) is 4.47. The zero-order chi connectivity index (χ0) is 20.6. The van der Waals surface area contributed by atoms with Crippen LogP contribution in [0.1, 0.15) is 88.8 Å². The van der Waals surface area contributed by atoms with Gasteiger partial charge in [0.25, 0.3) is 0 Å². The number of aryl methyl sites for hydroxylation is 1. The molecule has 7 nitrogen and oxygen atoms in total. The molecule has 0 unspecified atom stereocenters. The number of anilines is 1. The molecule has 1 saturated heterocycles. The molecule has 164 valence electrons. The maximum absolute atomic E-state index is 12.6. The second-order valence-electron chi connectivity index (χ2n) is 8.68. The van der Waals surface area contributed by atoms with E-state index in [-0.39, 0.29) is 18.7 Å². The maximum Gasteiger partial charge on any atom is 0.351 e. The van der Waals surface area contributed by atoms with Crippen LogP contribution in [0.4, 0.5) is 5.82 Å². The summed E-state index contributed by atoms with van der Waals surface area (Å²) in [6.07, 6.45) is 14.0. The summed E-state index contributed by atoms with van der Waals surface area (Å²) in [6.45, 7) is 1.68. The third kappa shape index (κ3) is 6.27. The van der Waals surface area contributed by atoms with E-state index in [1.54, 1.807) is 6.20 Å². The van der Waals surface area contributed by atoms with E-state index in [2.05, 4.69) is 10.3 Å². The Hall–Kier alpha value is -1.44. The molecule has 1 aliphatic carbocycles. The van der Waals surface area contributed by atoms with Gasteiger partial charge in [-0.25, -0.2) is 4.79 Å². The van der Waals surface area contributed by atoms with Crippen LogP contribution >= 0.6 is 0 Å². The third-order valence-corrected chi connectivity index (χ3v) is 6.27. The van der Waals surface area contributed by atoms with E-state index in [0.717, 1.165) is 18.4 Å². The molecule has 3 rings (SSSR count). The largest absolute Gasteiger partial charge is 0.394 e. The summed E-state index contributed by atoms with van der Waals surface area (Å²) in [5.74, 6) is 0.653. The maximum atomic E-state index is 12.6. The molecule has 0 bridgehead atoms. The van der Waals surface area contributed by atoms with E-state index < -0.39 is 18.4 Å². The first-order valence-electron chi connectivity index (χ1n) is 11.4. The molecule has 3 atom stereocenters. The van der Waals surface area contributed by atoms with Gasteiger partial charge in [-0.3, -0.25) is 4.57 Å². The highest BCUT2D eigenvalue weighted by Crippen LogP contribution is 2.28. The number of aliphatic hydroxyl groups is 2. The smallest absolute Gasteiger partial charge is 0.351 e. The van der Waals surface area contributed by atoms with Crippen molar-refractivity contribution < 1.29 is 14.9 Å². The van der Waals surface area contributed by atoms with Crippen LogP contribution in [0, 0.1) is 6.92 Å². The summed E-state index contributed by atoms with van der Waals surface area (Å²) in [5.41, 5.74) is 0.503. The number of aliphatic hydroxyl groups excluding tert-OH is 2. The number of hydrogen-bond acceptors (Lipinski definition) is 6. The molecule has 3 N–H and O–H groups in total. The van der Waals surface area contributed by atoms with Crippen molar-refractivity contribution in [1.29, 1.82) is 0 Å². The van der Waals surface area contributed by atoms with Crippen molar-refractivity contribution in [3.63, 3.8) is 0 Å². The van der Waals surface area contributed by atoms with Gasteiger partial charge in [-0.05, 0) is 19.8 Å². The van der Waals surface area contributed by atoms with Crippen LogP contribution < -0.4 is 11.0 Å². The Labute approximate surface area is 173 Å². The molecule has 0 aromatic carbocycles. The average Bonchev–Trinajstić information content (AvgIpc) is 3.07. The van der Waals surface area contributed by atoms with Crippen molar-refractivity contribution in [3.8, 4) is 0 Å². The molecular weight excluding hydrogens is 370 g/mol. The van der Waals surface area contributed by atoms with Gasteiger partial charge in [-0.15, -0.1) is 0 Å². The molecule has 0 spiro atoms. The Bertz CT molecular complexity index is 681. The predicted octanol–water partition coefficient (Wildman–Crippen LogP) is 3.28. The highest BCUT2D eigenvalue weighted by atomic mass is 16.5. The molecule has 1 aromatic heterocycles. The number of hydrogen-bond donors (Lipinski definition) is 3. The third-order valence-electron chi connectivity index (χ3n) is 6.27.